The smallest absolute Gasteiger partial charge is 0.0621 e. The number of hydrogen-bond acceptors (Lipinski definition) is 1. The van der Waals surface area contributed by atoms with Gasteiger partial charge >= 0.3 is 0 Å². The van der Waals surface area contributed by atoms with Gasteiger partial charge < -0.3 is 14.0 Å². The SMILES string of the molecule is c1ccc(N(c2ccccc2)c2cc(-c3ccc(-n4c5ccccc5c5ccccc54)cc3)c3c(c2)c2ccccc2n3-c2ccccc2)cc1. The normalized spacial score (nSPS) is 11.5. The topological polar surface area (TPSA) is 13.1 Å². The Hall–Kier alpha value is -6.84. The van der Waals surface area contributed by atoms with E-state index in [-0.39, 0.29) is 0 Å². The standard InChI is InChI=1S/C48H33N3/c1-4-16-35(17-5-1)49(36-18-6-2-7-19-36)39-32-43(48-44(33-39)42-24-12-15-27-47(42)51(48)37-20-8-3-9-21-37)34-28-30-38(31-29-34)50-45-25-13-10-22-40(45)41-23-11-14-26-46(41)50/h1-33H. The van der Waals surface area contributed by atoms with E-state index >= 15 is 0 Å². The van der Waals surface area contributed by atoms with Gasteiger partial charge in [0.05, 0.1) is 22.1 Å². The second-order valence-electron chi connectivity index (χ2n) is 13.0. The van der Waals surface area contributed by atoms with Gasteiger partial charge in [-0.2, -0.15) is 0 Å². The van der Waals surface area contributed by atoms with Crippen LogP contribution in [-0.4, -0.2) is 9.13 Å². The Bertz CT molecular complexity index is 2740. The molecule has 2 aromatic heterocycles. The first-order valence-corrected chi connectivity index (χ1v) is 17.5. The highest BCUT2D eigenvalue weighted by atomic mass is 15.1. The van der Waals surface area contributed by atoms with E-state index in [0.717, 1.165) is 34.0 Å². The lowest BCUT2D eigenvalue weighted by atomic mass is 9.99. The molecule has 0 atom stereocenters. The molecular weight excluding hydrogens is 619 g/mol. The van der Waals surface area contributed by atoms with E-state index in [2.05, 4.69) is 214 Å². The molecule has 3 nitrogen and oxygen atoms in total. The Morgan fingerprint density at radius 1 is 0.314 bits per heavy atom. The van der Waals surface area contributed by atoms with Crippen molar-refractivity contribution in [2.24, 2.45) is 0 Å². The van der Waals surface area contributed by atoms with Crippen molar-refractivity contribution in [3.63, 3.8) is 0 Å². The summed E-state index contributed by atoms with van der Waals surface area (Å²) in [6, 6.07) is 72.1. The number of fused-ring (bicyclic) bond motifs is 6. The number of benzene rings is 8. The van der Waals surface area contributed by atoms with Gasteiger partial charge in [-0.1, -0.05) is 121 Å². The van der Waals surface area contributed by atoms with Gasteiger partial charge in [0.25, 0.3) is 0 Å². The number of aromatic nitrogens is 2. The van der Waals surface area contributed by atoms with Crippen LogP contribution >= 0.6 is 0 Å². The van der Waals surface area contributed by atoms with Crippen molar-refractivity contribution in [1.29, 1.82) is 0 Å². The summed E-state index contributed by atoms with van der Waals surface area (Å²) < 4.78 is 4.81. The lowest BCUT2D eigenvalue weighted by molar-refractivity contribution is 1.17. The van der Waals surface area contributed by atoms with Crippen molar-refractivity contribution < 1.29 is 0 Å². The van der Waals surface area contributed by atoms with Crippen molar-refractivity contribution in [3.8, 4) is 22.5 Å². The predicted octanol–water partition coefficient (Wildman–Crippen LogP) is 13.0. The number of nitrogens with zero attached hydrogens (tertiary/aromatic N) is 3. The van der Waals surface area contributed by atoms with Gasteiger partial charge in [0.1, 0.15) is 0 Å². The lowest BCUT2D eigenvalue weighted by Gasteiger charge is -2.26. The molecule has 0 spiro atoms. The van der Waals surface area contributed by atoms with Crippen molar-refractivity contribution in [3.05, 3.63) is 200 Å². The zero-order valence-electron chi connectivity index (χ0n) is 27.9. The molecule has 0 aliphatic heterocycles. The van der Waals surface area contributed by atoms with Crippen LogP contribution in [0.4, 0.5) is 17.1 Å². The summed E-state index contributed by atoms with van der Waals surface area (Å²) in [5.41, 5.74) is 12.7. The molecule has 0 N–H and O–H groups in total. The fourth-order valence-corrected chi connectivity index (χ4v) is 7.87. The van der Waals surface area contributed by atoms with E-state index in [9.17, 15) is 0 Å². The van der Waals surface area contributed by atoms with Crippen LogP contribution in [0.1, 0.15) is 0 Å². The lowest BCUT2D eigenvalue weighted by Crippen LogP contribution is -2.10. The Morgan fingerprint density at radius 2 is 0.745 bits per heavy atom. The molecule has 3 heteroatoms. The summed E-state index contributed by atoms with van der Waals surface area (Å²) in [5.74, 6) is 0. The minimum atomic E-state index is 1.11. The molecular formula is C48H33N3. The van der Waals surface area contributed by atoms with E-state index in [1.54, 1.807) is 0 Å². The molecule has 51 heavy (non-hydrogen) atoms. The monoisotopic (exact) mass is 651 g/mol. The van der Waals surface area contributed by atoms with Crippen LogP contribution in [0.3, 0.4) is 0 Å². The number of rotatable bonds is 6. The van der Waals surface area contributed by atoms with Crippen LogP contribution in [0.5, 0.6) is 0 Å². The highest BCUT2D eigenvalue weighted by Crippen LogP contribution is 2.44. The summed E-state index contributed by atoms with van der Waals surface area (Å²) in [6.45, 7) is 0. The molecule has 0 radical (unpaired) electrons. The Balaban J connectivity index is 1.26. The van der Waals surface area contributed by atoms with Gasteiger partial charge in [-0.05, 0) is 84.4 Å². The summed E-state index contributed by atoms with van der Waals surface area (Å²) in [7, 11) is 0. The predicted molar refractivity (Wildman–Crippen MR) is 215 cm³/mol. The van der Waals surface area contributed by atoms with Crippen LogP contribution in [-0.2, 0) is 0 Å². The molecule has 0 fully saturated rings. The van der Waals surface area contributed by atoms with E-state index in [1.165, 1.54) is 49.2 Å². The molecule has 10 aromatic rings. The molecule has 0 bridgehead atoms. The van der Waals surface area contributed by atoms with E-state index < -0.39 is 0 Å². The molecule has 0 aliphatic carbocycles. The average Bonchev–Trinajstić information content (AvgIpc) is 3.72. The van der Waals surface area contributed by atoms with Gasteiger partial charge in [0.2, 0.25) is 0 Å². The van der Waals surface area contributed by atoms with Crippen LogP contribution in [0, 0.1) is 0 Å². The summed E-state index contributed by atoms with van der Waals surface area (Å²) in [6.07, 6.45) is 0. The van der Waals surface area contributed by atoms with Crippen molar-refractivity contribution in [1.82, 2.24) is 9.13 Å². The summed E-state index contributed by atoms with van der Waals surface area (Å²) >= 11 is 0. The second-order valence-corrected chi connectivity index (χ2v) is 13.0. The van der Waals surface area contributed by atoms with Gasteiger partial charge in [0, 0.05) is 55.5 Å². The van der Waals surface area contributed by atoms with E-state index in [1.807, 2.05) is 0 Å². The Kier molecular flexibility index (Phi) is 6.81. The van der Waals surface area contributed by atoms with Crippen molar-refractivity contribution in [2.45, 2.75) is 0 Å². The largest absolute Gasteiger partial charge is 0.310 e. The molecule has 0 aliphatic rings. The van der Waals surface area contributed by atoms with Crippen molar-refractivity contribution in [2.75, 3.05) is 4.90 Å². The second kappa shape index (κ2) is 11.9. The van der Waals surface area contributed by atoms with Gasteiger partial charge in [-0.3, -0.25) is 0 Å². The van der Waals surface area contributed by atoms with Crippen LogP contribution < -0.4 is 4.90 Å². The number of anilines is 3. The third kappa shape index (κ3) is 4.74. The minimum Gasteiger partial charge on any atom is -0.310 e. The third-order valence-corrected chi connectivity index (χ3v) is 10.1. The summed E-state index contributed by atoms with van der Waals surface area (Å²) in [5, 5.41) is 4.97. The van der Waals surface area contributed by atoms with E-state index in [0.29, 0.717) is 0 Å². The average molecular weight is 652 g/mol. The molecule has 0 saturated heterocycles. The van der Waals surface area contributed by atoms with Gasteiger partial charge in [0.15, 0.2) is 0 Å². The minimum absolute atomic E-state index is 1.11. The highest BCUT2D eigenvalue weighted by Gasteiger charge is 2.21. The molecule has 0 amide bonds. The maximum Gasteiger partial charge on any atom is 0.0621 e. The first-order valence-electron chi connectivity index (χ1n) is 17.5. The van der Waals surface area contributed by atoms with Gasteiger partial charge in [-0.25, -0.2) is 0 Å². The molecule has 240 valence electrons. The fraction of sp³-hybridized carbons (Fsp3) is 0. The highest BCUT2D eigenvalue weighted by molar-refractivity contribution is 6.15. The number of hydrogen-bond donors (Lipinski definition) is 0. The van der Waals surface area contributed by atoms with Gasteiger partial charge in [-0.15, -0.1) is 0 Å². The molecule has 0 unspecified atom stereocenters. The Morgan fingerprint density at radius 3 is 1.29 bits per heavy atom. The quantitative estimate of drug-likeness (QED) is 0.174. The number of para-hydroxylation sites is 6. The first kappa shape index (κ1) is 29.1. The zero-order chi connectivity index (χ0) is 33.7. The molecule has 8 aromatic carbocycles. The van der Waals surface area contributed by atoms with Crippen LogP contribution in [0.2, 0.25) is 0 Å². The third-order valence-electron chi connectivity index (χ3n) is 10.1. The fourth-order valence-electron chi connectivity index (χ4n) is 7.87. The maximum atomic E-state index is 2.43. The maximum absolute atomic E-state index is 2.43. The summed E-state index contributed by atoms with van der Waals surface area (Å²) in [4.78, 5) is 2.37. The van der Waals surface area contributed by atoms with Crippen LogP contribution in [0.15, 0.2) is 200 Å². The molecule has 2 heterocycles. The first-order chi connectivity index (χ1) is 25.3. The van der Waals surface area contributed by atoms with Crippen molar-refractivity contribution >= 4 is 60.7 Å². The molecule has 10 rings (SSSR count). The zero-order valence-corrected chi connectivity index (χ0v) is 27.9. The van der Waals surface area contributed by atoms with Crippen LogP contribution in [0.25, 0.3) is 66.1 Å². The molecule has 0 saturated carbocycles. The van der Waals surface area contributed by atoms with E-state index in [4.69, 9.17) is 0 Å². The Labute approximate surface area is 296 Å².